The van der Waals surface area contributed by atoms with Crippen LogP contribution >= 0.6 is 27.3 Å². The fourth-order valence-electron chi connectivity index (χ4n) is 4.30. The average molecular weight is 529 g/mol. The molecule has 0 amide bonds. The fourth-order valence-corrected chi connectivity index (χ4v) is 5.48. The smallest absolute Gasteiger partial charge is 0.344 e. The molecule has 7 heteroatoms. The molecule has 1 atom stereocenters. The highest BCUT2D eigenvalue weighted by Crippen LogP contribution is 2.48. The molecule has 166 valence electrons. The van der Waals surface area contributed by atoms with Crippen LogP contribution in [0.3, 0.4) is 0 Å². The number of nitrogens with two attached hydrogens (primary N) is 1. The molecule has 3 aromatic carbocycles. The highest BCUT2D eigenvalue weighted by atomic mass is 79.9. The predicted molar refractivity (Wildman–Crippen MR) is 138 cm³/mol. The molecule has 2 aromatic heterocycles. The average Bonchev–Trinajstić information content (AvgIpc) is 3.34. The second-order valence-electron chi connectivity index (χ2n) is 7.90. The molecule has 3 heterocycles. The SMILES string of the molecule is NC1=C(c2nc(-c3ccccc3)cs2)[C@H](c2ccc(Br)cc2)c2c(c3ccccc3oc2=O)O1. The van der Waals surface area contributed by atoms with Crippen LogP contribution in [0.4, 0.5) is 0 Å². The van der Waals surface area contributed by atoms with Crippen LogP contribution in [0.1, 0.15) is 22.1 Å². The lowest BCUT2D eigenvalue weighted by Gasteiger charge is -2.28. The summed E-state index contributed by atoms with van der Waals surface area (Å²) in [5.41, 5.74) is 10.4. The summed E-state index contributed by atoms with van der Waals surface area (Å²) in [7, 11) is 0. The van der Waals surface area contributed by atoms with Crippen molar-refractivity contribution in [2.75, 3.05) is 0 Å². The van der Waals surface area contributed by atoms with Crippen LogP contribution < -0.4 is 16.1 Å². The molecular weight excluding hydrogens is 512 g/mol. The number of fused-ring (bicyclic) bond motifs is 3. The predicted octanol–water partition coefficient (Wildman–Crippen LogP) is 6.53. The van der Waals surface area contributed by atoms with Gasteiger partial charge in [-0.15, -0.1) is 11.3 Å². The van der Waals surface area contributed by atoms with E-state index in [4.69, 9.17) is 19.9 Å². The van der Waals surface area contributed by atoms with Crippen molar-refractivity contribution < 1.29 is 9.15 Å². The van der Waals surface area contributed by atoms with Crippen molar-refractivity contribution in [3.8, 4) is 17.0 Å². The lowest BCUT2D eigenvalue weighted by atomic mass is 9.83. The Bertz CT molecular complexity index is 1620. The second-order valence-corrected chi connectivity index (χ2v) is 9.67. The number of rotatable bonds is 3. The molecule has 0 radical (unpaired) electrons. The molecule has 1 aliphatic rings. The van der Waals surface area contributed by atoms with Crippen molar-refractivity contribution in [1.29, 1.82) is 0 Å². The number of benzene rings is 3. The number of hydrogen-bond acceptors (Lipinski definition) is 6. The van der Waals surface area contributed by atoms with Gasteiger partial charge in [-0.2, -0.15) is 0 Å². The third-order valence-electron chi connectivity index (χ3n) is 5.86. The first-order chi connectivity index (χ1) is 16.6. The van der Waals surface area contributed by atoms with Gasteiger partial charge in [0.25, 0.3) is 0 Å². The van der Waals surface area contributed by atoms with E-state index in [2.05, 4.69) is 15.9 Å². The molecule has 1 aliphatic heterocycles. The first-order valence-electron chi connectivity index (χ1n) is 10.6. The topological polar surface area (TPSA) is 78.4 Å². The molecule has 5 aromatic rings. The van der Waals surface area contributed by atoms with Crippen LogP contribution in [-0.4, -0.2) is 4.98 Å². The molecule has 6 rings (SSSR count). The molecule has 0 bridgehead atoms. The van der Waals surface area contributed by atoms with Gasteiger partial charge in [-0.25, -0.2) is 9.78 Å². The van der Waals surface area contributed by atoms with Crippen molar-refractivity contribution >= 4 is 43.8 Å². The highest BCUT2D eigenvalue weighted by Gasteiger charge is 2.37. The van der Waals surface area contributed by atoms with E-state index in [1.54, 1.807) is 6.07 Å². The zero-order valence-electron chi connectivity index (χ0n) is 17.7. The van der Waals surface area contributed by atoms with Crippen molar-refractivity contribution in [3.63, 3.8) is 0 Å². The Morgan fingerprint density at radius 1 is 0.941 bits per heavy atom. The van der Waals surface area contributed by atoms with Crippen LogP contribution in [0.25, 0.3) is 27.8 Å². The Balaban J connectivity index is 1.60. The van der Waals surface area contributed by atoms with E-state index in [-0.39, 0.29) is 5.88 Å². The van der Waals surface area contributed by atoms with E-state index in [1.807, 2.05) is 78.2 Å². The van der Waals surface area contributed by atoms with Gasteiger partial charge >= 0.3 is 5.63 Å². The van der Waals surface area contributed by atoms with Crippen LogP contribution in [0.15, 0.2) is 104 Å². The Morgan fingerprint density at radius 3 is 2.47 bits per heavy atom. The fraction of sp³-hybridized carbons (Fsp3) is 0.0370. The normalized spacial score (nSPS) is 15.3. The molecule has 34 heavy (non-hydrogen) atoms. The monoisotopic (exact) mass is 528 g/mol. The minimum absolute atomic E-state index is 0.227. The number of nitrogens with zero attached hydrogens (tertiary/aromatic N) is 1. The highest BCUT2D eigenvalue weighted by molar-refractivity contribution is 9.10. The maximum absolute atomic E-state index is 13.3. The van der Waals surface area contributed by atoms with Gasteiger partial charge in [0.1, 0.15) is 10.6 Å². The minimum atomic E-state index is -0.493. The second kappa shape index (κ2) is 8.27. The van der Waals surface area contributed by atoms with Gasteiger partial charge in [-0.05, 0) is 29.8 Å². The van der Waals surface area contributed by atoms with Crippen molar-refractivity contribution in [2.45, 2.75) is 5.92 Å². The van der Waals surface area contributed by atoms with Gasteiger partial charge < -0.3 is 14.9 Å². The van der Waals surface area contributed by atoms with Crippen LogP contribution in [0.2, 0.25) is 0 Å². The number of aromatic nitrogens is 1. The van der Waals surface area contributed by atoms with E-state index in [9.17, 15) is 4.79 Å². The minimum Gasteiger partial charge on any atom is -0.440 e. The van der Waals surface area contributed by atoms with Crippen LogP contribution in [0.5, 0.6) is 5.75 Å². The molecule has 0 fully saturated rings. The third kappa shape index (κ3) is 3.45. The van der Waals surface area contributed by atoms with Crippen molar-refractivity contribution in [2.24, 2.45) is 5.73 Å². The van der Waals surface area contributed by atoms with Gasteiger partial charge in [-0.1, -0.05) is 70.5 Å². The molecule has 2 N–H and O–H groups in total. The third-order valence-corrected chi connectivity index (χ3v) is 7.27. The lowest BCUT2D eigenvalue weighted by Crippen LogP contribution is -2.26. The molecule has 0 spiro atoms. The molecule has 0 saturated heterocycles. The van der Waals surface area contributed by atoms with E-state index in [0.717, 1.165) is 21.3 Å². The standard InChI is InChI=1S/C27H17BrN2O3S/c28-17-12-10-16(11-13-17)21-22-24(18-8-4-5-9-20(18)32-27(22)31)33-25(29)23(21)26-30-19(14-34-26)15-6-2-1-3-7-15/h1-14,21H,29H2/t21-/m1/s1. The number of allylic oxidation sites excluding steroid dienone is 1. The van der Waals surface area contributed by atoms with Gasteiger partial charge in [-0.3, -0.25) is 0 Å². The number of thiazole rings is 1. The molecule has 5 nitrogen and oxygen atoms in total. The summed E-state index contributed by atoms with van der Waals surface area (Å²) in [4.78, 5) is 18.2. The van der Waals surface area contributed by atoms with Gasteiger partial charge in [0.05, 0.1) is 28.1 Å². The Labute approximate surface area is 207 Å². The van der Waals surface area contributed by atoms with Crippen molar-refractivity contribution in [3.05, 3.63) is 121 Å². The van der Waals surface area contributed by atoms with Gasteiger partial charge in [0, 0.05) is 15.4 Å². The Kier molecular flexibility index (Phi) is 5.08. The summed E-state index contributed by atoms with van der Waals surface area (Å²) >= 11 is 4.97. The van der Waals surface area contributed by atoms with E-state index < -0.39 is 11.5 Å². The number of hydrogen-bond donors (Lipinski definition) is 1. The lowest BCUT2D eigenvalue weighted by molar-refractivity contribution is 0.399. The van der Waals surface area contributed by atoms with E-state index in [0.29, 0.717) is 32.9 Å². The van der Waals surface area contributed by atoms with Crippen LogP contribution in [-0.2, 0) is 0 Å². The zero-order chi connectivity index (χ0) is 23.2. The largest absolute Gasteiger partial charge is 0.440 e. The first-order valence-corrected chi connectivity index (χ1v) is 12.3. The Morgan fingerprint density at radius 2 is 1.68 bits per heavy atom. The van der Waals surface area contributed by atoms with E-state index >= 15 is 0 Å². The summed E-state index contributed by atoms with van der Waals surface area (Å²) in [6.45, 7) is 0. The quantitative estimate of drug-likeness (QED) is 0.269. The van der Waals surface area contributed by atoms with Gasteiger partial charge in [0.15, 0.2) is 11.6 Å². The van der Waals surface area contributed by atoms with E-state index in [1.165, 1.54) is 11.3 Å². The maximum atomic E-state index is 13.3. The molecule has 0 unspecified atom stereocenters. The summed E-state index contributed by atoms with van der Waals surface area (Å²) in [5.74, 6) is 0.165. The summed E-state index contributed by atoms with van der Waals surface area (Å²) < 4.78 is 12.8. The number of halogens is 1. The number of para-hydroxylation sites is 1. The summed E-state index contributed by atoms with van der Waals surface area (Å²) in [6.07, 6.45) is 0. The Hall–Kier alpha value is -3.68. The maximum Gasteiger partial charge on any atom is 0.344 e. The molecule has 0 aliphatic carbocycles. The number of ether oxygens (including phenoxy) is 1. The first kappa shape index (κ1) is 20.9. The van der Waals surface area contributed by atoms with Gasteiger partial charge in [0.2, 0.25) is 0 Å². The summed E-state index contributed by atoms with van der Waals surface area (Å²) in [6, 6.07) is 25.1. The zero-order valence-corrected chi connectivity index (χ0v) is 20.1. The van der Waals surface area contributed by atoms with Crippen molar-refractivity contribution in [1.82, 2.24) is 4.98 Å². The molecule has 0 saturated carbocycles. The van der Waals surface area contributed by atoms with Crippen LogP contribution in [0, 0.1) is 0 Å². The summed E-state index contributed by atoms with van der Waals surface area (Å²) in [5, 5.41) is 3.38. The molecular formula is C27H17BrN2O3S.